The predicted molar refractivity (Wildman–Crippen MR) is 171 cm³/mol. The molecule has 9 atom stereocenters. The van der Waals surface area contributed by atoms with Gasteiger partial charge < -0.3 is 26.4 Å². The molecular weight excluding hydrogens is 540 g/mol. The lowest BCUT2D eigenvalue weighted by Crippen LogP contribution is -2.63. The quantitative estimate of drug-likeness (QED) is 0.308. The highest BCUT2D eigenvalue weighted by Gasteiger charge is 2.41. The molecule has 0 amide bonds. The molecule has 8 nitrogen and oxygen atoms in total. The van der Waals surface area contributed by atoms with Gasteiger partial charge in [0, 0.05) is 30.2 Å². The molecule has 0 aromatic heterocycles. The zero-order chi connectivity index (χ0) is 30.6. The molecule has 43 heavy (non-hydrogen) atoms. The van der Waals surface area contributed by atoms with Gasteiger partial charge in [-0.2, -0.15) is 0 Å². The molecule has 1 aromatic carbocycles. The normalized spacial score (nSPS) is 40.5. The van der Waals surface area contributed by atoms with Crippen molar-refractivity contribution in [3.63, 3.8) is 0 Å². The maximum atomic E-state index is 11.7. The van der Waals surface area contributed by atoms with Crippen LogP contribution in [0.1, 0.15) is 108 Å². The minimum absolute atomic E-state index is 0.156. The van der Waals surface area contributed by atoms with Gasteiger partial charge in [-0.15, -0.1) is 0 Å². The van der Waals surface area contributed by atoms with E-state index in [2.05, 4.69) is 53.6 Å². The Labute approximate surface area is 259 Å². The molecule has 7 N–H and O–H groups in total. The molecule has 0 radical (unpaired) electrons. The summed E-state index contributed by atoms with van der Waals surface area (Å²) in [6.07, 6.45) is 13.3. The lowest BCUT2D eigenvalue weighted by molar-refractivity contribution is -0.143. The van der Waals surface area contributed by atoms with Crippen LogP contribution in [0.25, 0.3) is 0 Å². The van der Waals surface area contributed by atoms with Crippen molar-refractivity contribution in [2.45, 2.75) is 152 Å². The molecule has 0 aliphatic carbocycles. The van der Waals surface area contributed by atoms with E-state index in [9.17, 15) is 20.1 Å². The number of nitrogens with one attached hydrogen (secondary N) is 2. The van der Waals surface area contributed by atoms with Crippen LogP contribution in [-0.2, 0) is 17.6 Å². The molecule has 3 saturated heterocycles. The molecule has 0 unspecified atom stereocenters. The third-order valence-corrected chi connectivity index (χ3v) is 11.4. The number of aliphatic hydroxyl groups is 2. The monoisotopic (exact) mass is 598 g/mol. The van der Waals surface area contributed by atoms with E-state index in [1.165, 1.54) is 36.8 Å². The number of carboxylic acids is 1. The summed E-state index contributed by atoms with van der Waals surface area (Å²) in [4.78, 5) is 14.3. The highest BCUT2D eigenvalue weighted by atomic mass is 16.4. The van der Waals surface area contributed by atoms with Gasteiger partial charge in [-0.05, 0) is 108 Å². The smallest absolute Gasteiger partial charge is 0.306 e. The number of piperidine rings is 3. The molecule has 5 rings (SSSR count). The van der Waals surface area contributed by atoms with Crippen molar-refractivity contribution in [2.75, 3.05) is 13.1 Å². The van der Waals surface area contributed by atoms with Crippen molar-refractivity contribution >= 4 is 5.97 Å². The van der Waals surface area contributed by atoms with Gasteiger partial charge in [-0.1, -0.05) is 49.9 Å². The maximum Gasteiger partial charge on any atom is 0.306 e. The SMILES string of the molecule is C[C@H]1[C@H](O)CC[C@H]2C[C@H]([C@@H]3CCCCCC[C@@](O)(CC(=O)O)CN[C@]4(C)C[C@@H](Cc5cccc(c5)C3)N[C@@H](N)C4)CCN21. The molecule has 0 spiro atoms. The van der Waals surface area contributed by atoms with Crippen molar-refractivity contribution in [1.82, 2.24) is 15.5 Å². The summed E-state index contributed by atoms with van der Waals surface area (Å²) in [6, 6.07) is 10.3. The van der Waals surface area contributed by atoms with E-state index in [-0.39, 0.29) is 42.9 Å². The predicted octanol–water partition coefficient (Wildman–Crippen LogP) is 3.96. The molecular formula is C35H58N4O4. The molecule has 4 aliphatic heterocycles. The zero-order valence-electron chi connectivity index (χ0n) is 26.6. The second-order valence-corrected chi connectivity index (χ2v) is 15.1. The fourth-order valence-corrected chi connectivity index (χ4v) is 9.07. The summed E-state index contributed by atoms with van der Waals surface area (Å²) in [5, 5.41) is 38.7. The Kier molecular flexibility index (Phi) is 10.9. The van der Waals surface area contributed by atoms with Crippen LogP contribution in [0.15, 0.2) is 24.3 Å². The third-order valence-electron chi connectivity index (χ3n) is 11.4. The number of benzene rings is 1. The minimum atomic E-state index is -1.26. The van der Waals surface area contributed by atoms with Gasteiger partial charge in [0.15, 0.2) is 0 Å². The summed E-state index contributed by atoms with van der Waals surface area (Å²) < 4.78 is 0. The average molecular weight is 599 g/mol. The van der Waals surface area contributed by atoms with Gasteiger partial charge >= 0.3 is 5.97 Å². The largest absolute Gasteiger partial charge is 0.481 e. The van der Waals surface area contributed by atoms with E-state index in [4.69, 9.17) is 5.73 Å². The molecule has 1 aromatic rings. The summed E-state index contributed by atoms with van der Waals surface area (Å²) in [5.74, 6) is 0.381. The Morgan fingerprint density at radius 2 is 1.81 bits per heavy atom. The lowest BCUT2D eigenvalue weighted by Gasteiger charge is -2.49. The molecule has 8 heteroatoms. The fourth-order valence-electron chi connectivity index (χ4n) is 9.07. The summed E-state index contributed by atoms with van der Waals surface area (Å²) in [6.45, 7) is 5.72. The highest BCUT2D eigenvalue weighted by Crippen LogP contribution is 2.39. The summed E-state index contributed by atoms with van der Waals surface area (Å²) in [5.41, 5.74) is 7.73. The number of hydrogen-bond donors (Lipinski definition) is 6. The van der Waals surface area contributed by atoms with Crippen LogP contribution < -0.4 is 16.4 Å². The van der Waals surface area contributed by atoms with Crippen LogP contribution in [-0.4, -0.2) is 80.8 Å². The number of hydrogen-bond acceptors (Lipinski definition) is 7. The molecule has 0 saturated carbocycles. The molecule has 4 bridgehead atoms. The van der Waals surface area contributed by atoms with Crippen molar-refractivity contribution < 1.29 is 20.1 Å². The minimum Gasteiger partial charge on any atom is -0.481 e. The Balaban J connectivity index is 1.34. The van der Waals surface area contributed by atoms with Gasteiger partial charge in [-0.25, -0.2) is 0 Å². The zero-order valence-corrected chi connectivity index (χ0v) is 26.6. The van der Waals surface area contributed by atoms with Gasteiger partial charge in [0.2, 0.25) is 0 Å². The fraction of sp³-hybridized carbons (Fsp3) is 0.800. The second kappa shape index (κ2) is 14.3. The van der Waals surface area contributed by atoms with Crippen molar-refractivity contribution in [2.24, 2.45) is 17.6 Å². The number of nitrogens with zero attached hydrogens (tertiary/aromatic N) is 1. The third kappa shape index (κ3) is 8.80. The molecule has 4 aliphatic rings. The first-order valence-electron chi connectivity index (χ1n) is 17.2. The Morgan fingerprint density at radius 1 is 1.05 bits per heavy atom. The number of fused-ring (bicyclic) bond motifs is 5. The van der Waals surface area contributed by atoms with Crippen molar-refractivity contribution in [3.05, 3.63) is 35.4 Å². The van der Waals surface area contributed by atoms with Gasteiger partial charge in [-0.3, -0.25) is 15.0 Å². The van der Waals surface area contributed by atoms with Gasteiger partial charge in [0.1, 0.15) is 0 Å². The van der Waals surface area contributed by atoms with E-state index in [0.717, 1.165) is 64.3 Å². The Morgan fingerprint density at radius 3 is 2.60 bits per heavy atom. The number of aliphatic carboxylic acids is 1. The number of carboxylic acid groups (broad SMARTS) is 1. The van der Waals surface area contributed by atoms with Crippen LogP contribution in [0.4, 0.5) is 0 Å². The maximum absolute atomic E-state index is 11.7. The first-order valence-corrected chi connectivity index (χ1v) is 17.2. The van der Waals surface area contributed by atoms with Crippen molar-refractivity contribution in [3.8, 4) is 0 Å². The number of aliphatic hydroxyl groups excluding tert-OH is 1. The lowest BCUT2D eigenvalue weighted by atomic mass is 9.73. The van der Waals surface area contributed by atoms with Crippen LogP contribution in [0.2, 0.25) is 0 Å². The Bertz CT molecular complexity index is 1070. The van der Waals surface area contributed by atoms with Gasteiger partial charge in [0.25, 0.3) is 0 Å². The molecule has 242 valence electrons. The summed E-state index contributed by atoms with van der Waals surface area (Å²) in [7, 11) is 0. The van der Waals surface area contributed by atoms with E-state index in [1.807, 2.05) is 0 Å². The molecule has 3 fully saturated rings. The van der Waals surface area contributed by atoms with Crippen molar-refractivity contribution in [1.29, 1.82) is 0 Å². The second-order valence-electron chi connectivity index (χ2n) is 15.1. The number of β-amino-alcohol motifs (C(OH)–C–C–N with tert-alkyl or cyclic N) is 1. The average Bonchev–Trinajstić information content (AvgIpc) is 2.94. The first-order chi connectivity index (χ1) is 20.5. The van der Waals surface area contributed by atoms with Crippen LogP contribution >= 0.6 is 0 Å². The molecule has 4 heterocycles. The van der Waals surface area contributed by atoms with E-state index < -0.39 is 11.6 Å². The number of rotatable bonds is 3. The highest BCUT2D eigenvalue weighted by molar-refractivity contribution is 5.68. The van der Waals surface area contributed by atoms with Crippen LogP contribution in [0, 0.1) is 11.8 Å². The number of carbonyl (C=O) groups is 1. The van der Waals surface area contributed by atoms with Gasteiger partial charge in [0.05, 0.1) is 24.3 Å². The standard InChI is InChI=1S/C35H58N4O4/c1-24-31(40)12-11-30-19-28(13-15-39(24)30)27-10-5-3-4-6-14-35(43,22-33(41)42)23-37-34(2)20-29(38-32(36)21-34)18-26-9-7-8-25(16-26)17-27/h7-9,16,24,27-32,37-38,40,43H,3-6,10-15,17-23,36H2,1-2H3,(H,41,42)/t24-,27+,28+,29+,30-,31+,32+,34+,35+/m0/s1. The Hall–Kier alpha value is -1.55. The van der Waals surface area contributed by atoms with Crippen LogP contribution in [0.3, 0.4) is 0 Å². The first kappa shape index (κ1) is 32.8. The topological polar surface area (TPSA) is 131 Å². The summed E-state index contributed by atoms with van der Waals surface area (Å²) >= 11 is 0. The van der Waals surface area contributed by atoms with E-state index in [0.29, 0.717) is 24.3 Å². The van der Waals surface area contributed by atoms with Crippen LogP contribution in [0.5, 0.6) is 0 Å². The van der Waals surface area contributed by atoms with E-state index in [1.54, 1.807) is 0 Å². The number of nitrogens with two attached hydrogens (primary N) is 1. The van der Waals surface area contributed by atoms with E-state index >= 15 is 0 Å².